The van der Waals surface area contributed by atoms with Crippen molar-refractivity contribution in [2.75, 3.05) is 10.6 Å². The van der Waals surface area contributed by atoms with Gasteiger partial charge in [0, 0.05) is 24.0 Å². The summed E-state index contributed by atoms with van der Waals surface area (Å²) in [4.78, 5) is 11.7. The summed E-state index contributed by atoms with van der Waals surface area (Å²) in [5.74, 6) is 0.512. The van der Waals surface area contributed by atoms with Crippen molar-refractivity contribution in [1.29, 1.82) is 0 Å². The molecule has 0 heterocycles. The first kappa shape index (κ1) is 20.7. The third-order valence-electron chi connectivity index (χ3n) is 3.92. The van der Waals surface area contributed by atoms with E-state index in [1.807, 2.05) is 50.2 Å². The Balaban J connectivity index is 1.80. The molecule has 0 fully saturated rings. The Bertz CT molecular complexity index is 755. The smallest absolute Gasteiger partial charge is 0.319 e. The minimum Gasteiger partial charge on any atom is -0.358 e. The van der Waals surface area contributed by atoms with Crippen molar-refractivity contribution < 1.29 is 4.79 Å². The van der Waals surface area contributed by atoms with Gasteiger partial charge in [0.05, 0.1) is 0 Å². The molecule has 0 saturated carbocycles. The number of rotatable bonds is 6. The molecular formula is C21H28N4OS. The fourth-order valence-electron chi connectivity index (χ4n) is 2.44. The number of carbonyl (C=O) groups is 1. The lowest BCUT2D eigenvalue weighted by molar-refractivity contribution is 0.250. The normalized spacial score (nSPS) is 10.6. The number of nitrogens with one attached hydrogen (secondary N) is 4. The van der Waals surface area contributed by atoms with E-state index in [4.69, 9.17) is 12.2 Å². The standard InChI is InChI=1S/C21H28N4OS/c1-14(2)17-7-11-19(12-8-17)25-21(27)22-13-16-5-9-18(10-6-16)24-20(26)23-15(3)4/h5-12,14-15H,13H2,1-4H3,(H2,22,25,27)(H2,23,24,26). The first-order chi connectivity index (χ1) is 12.8. The van der Waals surface area contributed by atoms with Crippen LogP contribution in [0.3, 0.4) is 0 Å². The predicted octanol–water partition coefficient (Wildman–Crippen LogP) is 4.83. The van der Waals surface area contributed by atoms with Crippen LogP contribution in [-0.2, 0) is 6.54 Å². The van der Waals surface area contributed by atoms with Crippen molar-refractivity contribution in [2.24, 2.45) is 0 Å². The largest absolute Gasteiger partial charge is 0.358 e. The van der Waals surface area contributed by atoms with E-state index in [0.717, 1.165) is 16.9 Å². The zero-order valence-corrected chi connectivity index (χ0v) is 17.1. The first-order valence-electron chi connectivity index (χ1n) is 9.14. The third kappa shape index (κ3) is 7.27. The van der Waals surface area contributed by atoms with Crippen LogP contribution < -0.4 is 21.3 Å². The van der Waals surface area contributed by atoms with Gasteiger partial charge in [0.2, 0.25) is 0 Å². The van der Waals surface area contributed by atoms with E-state index in [1.165, 1.54) is 5.56 Å². The fraction of sp³-hybridized carbons (Fsp3) is 0.333. The van der Waals surface area contributed by atoms with Gasteiger partial charge in [0.25, 0.3) is 0 Å². The van der Waals surface area contributed by atoms with Crippen LogP contribution in [0.25, 0.3) is 0 Å². The topological polar surface area (TPSA) is 65.2 Å². The Labute approximate surface area is 166 Å². The van der Waals surface area contributed by atoms with Crippen molar-refractivity contribution in [3.05, 3.63) is 59.7 Å². The summed E-state index contributed by atoms with van der Waals surface area (Å²) in [6.45, 7) is 8.79. The minimum atomic E-state index is -0.204. The second-order valence-corrected chi connectivity index (χ2v) is 7.44. The molecule has 4 N–H and O–H groups in total. The molecule has 2 amide bonds. The van der Waals surface area contributed by atoms with Gasteiger partial charge in [-0.1, -0.05) is 38.1 Å². The molecule has 2 aromatic carbocycles. The van der Waals surface area contributed by atoms with E-state index in [9.17, 15) is 4.79 Å². The lowest BCUT2D eigenvalue weighted by Crippen LogP contribution is -2.34. The summed E-state index contributed by atoms with van der Waals surface area (Å²) in [5, 5.41) is 12.5. The van der Waals surface area contributed by atoms with Crippen LogP contribution >= 0.6 is 12.2 Å². The number of hydrogen-bond acceptors (Lipinski definition) is 2. The summed E-state index contributed by atoms with van der Waals surface area (Å²) in [6.07, 6.45) is 0. The molecule has 0 unspecified atom stereocenters. The molecule has 5 nitrogen and oxygen atoms in total. The third-order valence-corrected chi connectivity index (χ3v) is 4.17. The number of thiocarbonyl (C=S) groups is 1. The SMILES string of the molecule is CC(C)NC(=O)Nc1ccc(CNC(=S)Nc2ccc(C(C)C)cc2)cc1. The summed E-state index contributed by atoms with van der Waals surface area (Å²) in [5.41, 5.74) is 4.09. The van der Waals surface area contributed by atoms with Crippen molar-refractivity contribution in [3.63, 3.8) is 0 Å². The summed E-state index contributed by atoms with van der Waals surface area (Å²) >= 11 is 5.35. The highest BCUT2D eigenvalue weighted by molar-refractivity contribution is 7.80. The van der Waals surface area contributed by atoms with Crippen LogP contribution in [0, 0.1) is 0 Å². The minimum absolute atomic E-state index is 0.101. The number of amides is 2. The lowest BCUT2D eigenvalue weighted by atomic mass is 10.0. The predicted molar refractivity (Wildman–Crippen MR) is 117 cm³/mol. The highest BCUT2D eigenvalue weighted by Crippen LogP contribution is 2.17. The Morgan fingerprint density at radius 1 is 0.889 bits per heavy atom. The molecule has 144 valence electrons. The quantitative estimate of drug-likeness (QED) is 0.539. The van der Waals surface area contributed by atoms with Crippen molar-refractivity contribution >= 4 is 34.7 Å². The Kier molecular flexibility index (Phi) is 7.61. The molecule has 0 aliphatic rings. The summed E-state index contributed by atoms with van der Waals surface area (Å²) < 4.78 is 0. The van der Waals surface area contributed by atoms with Gasteiger partial charge >= 0.3 is 6.03 Å². The molecule has 0 aliphatic carbocycles. The van der Waals surface area contributed by atoms with Gasteiger partial charge < -0.3 is 21.3 Å². The molecule has 0 aliphatic heterocycles. The van der Waals surface area contributed by atoms with E-state index < -0.39 is 0 Å². The summed E-state index contributed by atoms with van der Waals surface area (Å²) in [6, 6.07) is 15.8. The van der Waals surface area contributed by atoms with Gasteiger partial charge in [0.1, 0.15) is 0 Å². The molecule has 0 spiro atoms. The Morgan fingerprint density at radius 3 is 2.00 bits per heavy atom. The molecule has 27 heavy (non-hydrogen) atoms. The highest BCUT2D eigenvalue weighted by atomic mass is 32.1. The van der Waals surface area contributed by atoms with Crippen molar-refractivity contribution in [2.45, 2.75) is 46.2 Å². The van der Waals surface area contributed by atoms with Gasteiger partial charge in [-0.15, -0.1) is 0 Å². The average molecular weight is 385 g/mol. The van der Waals surface area contributed by atoms with Gasteiger partial charge in [-0.3, -0.25) is 0 Å². The van der Waals surface area contributed by atoms with Gasteiger partial charge in [-0.25, -0.2) is 4.79 Å². The van der Waals surface area contributed by atoms with Gasteiger partial charge in [-0.05, 0) is 67.4 Å². The van der Waals surface area contributed by atoms with Crippen LogP contribution in [0.2, 0.25) is 0 Å². The molecule has 6 heteroatoms. The van der Waals surface area contributed by atoms with Gasteiger partial charge in [-0.2, -0.15) is 0 Å². The van der Waals surface area contributed by atoms with Crippen LogP contribution in [0.4, 0.5) is 16.2 Å². The molecule has 0 saturated heterocycles. The fourth-order valence-corrected chi connectivity index (χ4v) is 2.63. The van der Waals surface area contributed by atoms with Crippen molar-refractivity contribution in [1.82, 2.24) is 10.6 Å². The van der Waals surface area contributed by atoms with Crippen LogP contribution in [0.1, 0.15) is 44.7 Å². The maximum atomic E-state index is 11.7. The Morgan fingerprint density at radius 2 is 1.44 bits per heavy atom. The monoisotopic (exact) mass is 384 g/mol. The zero-order chi connectivity index (χ0) is 19.8. The second-order valence-electron chi connectivity index (χ2n) is 7.03. The van der Waals surface area contributed by atoms with Crippen LogP contribution in [0.5, 0.6) is 0 Å². The number of hydrogen-bond donors (Lipinski definition) is 4. The molecule has 0 bridgehead atoms. The second kappa shape index (κ2) is 9.92. The van der Waals surface area contributed by atoms with E-state index in [-0.39, 0.29) is 12.1 Å². The van der Waals surface area contributed by atoms with E-state index >= 15 is 0 Å². The first-order valence-corrected chi connectivity index (χ1v) is 9.55. The van der Waals surface area contributed by atoms with E-state index in [1.54, 1.807) is 0 Å². The maximum absolute atomic E-state index is 11.7. The number of benzene rings is 2. The molecule has 0 radical (unpaired) electrons. The summed E-state index contributed by atoms with van der Waals surface area (Å²) in [7, 11) is 0. The number of anilines is 2. The van der Waals surface area contributed by atoms with Crippen LogP contribution in [-0.4, -0.2) is 17.2 Å². The highest BCUT2D eigenvalue weighted by Gasteiger charge is 2.04. The maximum Gasteiger partial charge on any atom is 0.319 e. The molecule has 2 aromatic rings. The Hall–Kier alpha value is -2.60. The lowest BCUT2D eigenvalue weighted by Gasteiger charge is -2.13. The van der Waals surface area contributed by atoms with E-state index in [0.29, 0.717) is 17.6 Å². The van der Waals surface area contributed by atoms with Crippen LogP contribution in [0.15, 0.2) is 48.5 Å². The zero-order valence-electron chi connectivity index (χ0n) is 16.3. The molecule has 0 atom stereocenters. The molecule has 0 aromatic heterocycles. The van der Waals surface area contributed by atoms with Crippen molar-refractivity contribution in [3.8, 4) is 0 Å². The number of urea groups is 1. The molecule has 2 rings (SSSR count). The average Bonchev–Trinajstić information content (AvgIpc) is 2.61. The number of carbonyl (C=O) groups excluding carboxylic acids is 1. The molecular weight excluding hydrogens is 356 g/mol. The van der Waals surface area contributed by atoms with E-state index in [2.05, 4.69) is 47.2 Å². The van der Waals surface area contributed by atoms with Gasteiger partial charge in [0.15, 0.2) is 5.11 Å².